The number of hydrogen-bond donors (Lipinski definition) is 2. The molecule has 9 heteroatoms. The molecule has 1 aromatic carbocycles. The summed E-state index contributed by atoms with van der Waals surface area (Å²) >= 11 is 1.05. The molecule has 1 heterocycles. The van der Waals surface area contributed by atoms with E-state index < -0.39 is 11.5 Å². The highest BCUT2D eigenvalue weighted by molar-refractivity contribution is 7.99. The number of aromatic amines is 1. The lowest BCUT2D eigenvalue weighted by atomic mass is 10.2. The van der Waals surface area contributed by atoms with Crippen LogP contribution in [0.15, 0.2) is 34.2 Å². The summed E-state index contributed by atoms with van der Waals surface area (Å²) in [4.78, 5) is 42.1. The minimum Gasteiger partial charge on any atom is -0.465 e. The predicted octanol–water partition coefficient (Wildman–Crippen LogP) is 1.72. The lowest BCUT2D eigenvalue weighted by Crippen LogP contribution is -2.18. The summed E-state index contributed by atoms with van der Waals surface area (Å²) in [5.74, 6) is -0.829. The second kappa shape index (κ2) is 8.82. The number of nitrogens with zero attached hydrogens (tertiary/aromatic N) is 2. The van der Waals surface area contributed by atoms with Crippen LogP contribution < -0.4 is 10.9 Å². The zero-order valence-corrected chi connectivity index (χ0v) is 15.0. The summed E-state index contributed by atoms with van der Waals surface area (Å²) in [5, 5.41) is 11.9. The van der Waals surface area contributed by atoms with Crippen molar-refractivity contribution in [2.24, 2.45) is 0 Å². The van der Waals surface area contributed by atoms with Gasteiger partial charge >= 0.3 is 5.97 Å². The van der Waals surface area contributed by atoms with Crippen LogP contribution in [-0.2, 0) is 16.0 Å². The smallest absolute Gasteiger partial charge is 0.337 e. The van der Waals surface area contributed by atoms with Gasteiger partial charge in [-0.25, -0.2) is 9.78 Å². The second-order valence-electron chi connectivity index (χ2n) is 5.07. The Kier molecular flexibility index (Phi) is 6.52. The molecule has 0 bridgehead atoms. The highest BCUT2D eigenvalue weighted by Gasteiger charge is 2.12. The van der Waals surface area contributed by atoms with Gasteiger partial charge in [0, 0.05) is 5.69 Å². The lowest BCUT2D eigenvalue weighted by molar-refractivity contribution is -0.113. The quantitative estimate of drug-likeness (QED) is 0.449. The van der Waals surface area contributed by atoms with Crippen LogP contribution in [0.2, 0.25) is 0 Å². The van der Waals surface area contributed by atoms with E-state index in [0.29, 0.717) is 23.4 Å². The number of benzene rings is 1. The normalized spacial score (nSPS) is 10.0. The van der Waals surface area contributed by atoms with Gasteiger partial charge in [0.25, 0.3) is 5.56 Å². The van der Waals surface area contributed by atoms with E-state index in [4.69, 9.17) is 5.26 Å². The van der Waals surface area contributed by atoms with Crippen LogP contribution in [0.25, 0.3) is 0 Å². The molecule has 2 rings (SSSR count). The van der Waals surface area contributed by atoms with Gasteiger partial charge in [-0.1, -0.05) is 24.8 Å². The zero-order valence-electron chi connectivity index (χ0n) is 14.2. The number of esters is 1. The third-order valence-electron chi connectivity index (χ3n) is 3.33. The number of hydrogen-bond acceptors (Lipinski definition) is 7. The number of thioether (sulfide) groups is 1. The van der Waals surface area contributed by atoms with Gasteiger partial charge in [-0.3, -0.25) is 9.59 Å². The summed E-state index contributed by atoms with van der Waals surface area (Å²) in [5.41, 5.74) is 0.636. The molecule has 1 aromatic heterocycles. The molecule has 26 heavy (non-hydrogen) atoms. The maximum atomic E-state index is 12.1. The van der Waals surface area contributed by atoms with Crippen molar-refractivity contribution < 1.29 is 14.3 Å². The number of anilines is 1. The predicted molar refractivity (Wildman–Crippen MR) is 96.1 cm³/mol. The Bertz CT molecular complexity index is 933. The molecule has 0 fully saturated rings. The fraction of sp³-hybridized carbons (Fsp3) is 0.235. The number of rotatable bonds is 6. The monoisotopic (exact) mass is 372 g/mol. The molecule has 1 amide bonds. The number of nitrogens with one attached hydrogen (secondary N) is 2. The number of methoxy groups -OCH3 is 1. The van der Waals surface area contributed by atoms with E-state index in [1.54, 1.807) is 25.1 Å². The zero-order chi connectivity index (χ0) is 19.1. The van der Waals surface area contributed by atoms with Gasteiger partial charge in [-0.15, -0.1) is 0 Å². The van der Waals surface area contributed by atoms with Crippen LogP contribution in [0.4, 0.5) is 5.69 Å². The number of carbonyl (C=O) groups excluding carboxylic acids is 2. The van der Waals surface area contributed by atoms with Crippen LogP contribution in [0.3, 0.4) is 0 Å². The first-order valence-electron chi connectivity index (χ1n) is 7.62. The summed E-state index contributed by atoms with van der Waals surface area (Å²) in [6.07, 6.45) is 0.437. The molecule has 2 aromatic rings. The number of aromatic nitrogens is 2. The molecule has 0 atom stereocenters. The van der Waals surface area contributed by atoms with E-state index >= 15 is 0 Å². The fourth-order valence-corrected chi connectivity index (χ4v) is 2.79. The highest BCUT2D eigenvalue weighted by atomic mass is 32.2. The number of carbonyl (C=O) groups is 2. The minimum absolute atomic E-state index is 0.000443. The molecule has 8 nitrogen and oxygen atoms in total. The van der Waals surface area contributed by atoms with Gasteiger partial charge in [0.05, 0.1) is 24.1 Å². The summed E-state index contributed by atoms with van der Waals surface area (Å²) in [6.45, 7) is 1.79. The highest BCUT2D eigenvalue weighted by Crippen LogP contribution is 2.15. The fourth-order valence-electron chi connectivity index (χ4n) is 2.11. The Hall–Kier alpha value is -3.12. The average molecular weight is 372 g/mol. The number of H-pyrrole nitrogens is 1. The van der Waals surface area contributed by atoms with E-state index in [1.165, 1.54) is 13.2 Å². The summed E-state index contributed by atoms with van der Waals surface area (Å²) < 4.78 is 4.63. The number of amides is 1. The Morgan fingerprint density at radius 1 is 1.42 bits per heavy atom. The van der Waals surface area contributed by atoms with Crippen molar-refractivity contribution in [1.29, 1.82) is 5.26 Å². The molecule has 0 saturated carbocycles. The Morgan fingerprint density at radius 3 is 2.85 bits per heavy atom. The summed E-state index contributed by atoms with van der Waals surface area (Å²) in [7, 11) is 1.28. The molecule has 0 saturated heterocycles. The Balaban J connectivity index is 2.04. The molecule has 2 N–H and O–H groups in total. The van der Waals surface area contributed by atoms with Crippen molar-refractivity contribution in [2.45, 2.75) is 18.5 Å². The third kappa shape index (κ3) is 4.70. The van der Waals surface area contributed by atoms with Gasteiger partial charge in [0.15, 0.2) is 5.16 Å². The first-order chi connectivity index (χ1) is 12.5. The van der Waals surface area contributed by atoms with E-state index in [2.05, 4.69) is 20.0 Å². The number of ether oxygens (including phenoxy) is 1. The average Bonchev–Trinajstić information content (AvgIpc) is 2.65. The minimum atomic E-state index is -0.520. The number of nitriles is 1. The molecule has 134 valence electrons. The van der Waals surface area contributed by atoms with Gasteiger partial charge in [0.2, 0.25) is 5.91 Å². The van der Waals surface area contributed by atoms with Crippen LogP contribution in [0.5, 0.6) is 0 Å². The molecule has 0 aliphatic carbocycles. The molecular weight excluding hydrogens is 356 g/mol. The van der Waals surface area contributed by atoms with Crippen molar-refractivity contribution in [1.82, 2.24) is 9.97 Å². The van der Waals surface area contributed by atoms with Crippen LogP contribution >= 0.6 is 11.8 Å². The lowest BCUT2D eigenvalue weighted by Gasteiger charge is -2.07. The van der Waals surface area contributed by atoms with Gasteiger partial charge in [-0.05, 0) is 24.6 Å². The summed E-state index contributed by atoms with van der Waals surface area (Å²) in [6, 6.07) is 8.18. The van der Waals surface area contributed by atoms with E-state index in [0.717, 1.165) is 11.8 Å². The maximum Gasteiger partial charge on any atom is 0.337 e. The molecule has 0 unspecified atom stereocenters. The third-order valence-corrected chi connectivity index (χ3v) is 4.20. The standard InChI is InChI=1S/C17H16N4O4S/c1-3-13-12(8-18)15(23)21-17(20-13)26-9-14(22)19-11-6-4-5-10(7-11)16(24)25-2/h4-7H,3,9H2,1-2H3,(H,19,22)(H,20,21,23). The molecule has 0 radical (unpaired) electrons. The van der Waals surface area contributed by atoms with Gasteiger partial charge in [0.1, 0.15) is 11.6 Å². The van der Waals surface area contributed by atoms with E-state index in [1.807, 2.05) is 6.07 Å². The topological polar surface area (TPSA) is 125 Å². The van der Waals surface area contributed by atoms with Gasteiger partial charge in [-0.2, -0.15) is 5.26 Å². The first-order valence-corrected chi connectivity index (χ1v) is 8.61. The van der Waals surface area contributed by atoms with Crippen molar-refractivity contribution in [2.75, 3.05) is 18.2 Å². The molecular formula is C17H16N4O4S. The SMILES string of the molecule is CCc1nc(SCC(=O)Nc2cccc(C(=O)OC)c2)[nH]c(=O)c1C#N. The van der Waals surface area contributed by atoms with Crippen molar-refractivity contribution in [3.63, 3.8) is 0 Å². The van der Waals surface area contributed by atoms with Crippen LogP contribution in [0.1, 0.15) is 28.5 Å². The molecule has 0 spiro atoms. The van der Waals surface area contributed by atoms with Crippen LogP contribution in [0, 0.1) is 11.3 Å². The molecule has 0 aliphatic rings. The van der Waals surface area contributed by atoms with E-state index in [9.17, 15) is 14.4 Å². The van der Waals surface area contributed by atoms with Gasteiger partial charge < -0.3 is 15.0 Å². The Labute approximate surface area is 153 Å². The Morgan fingerprint density at radius 2 is 2.19 bits per heavy atom. The van der Waals surface area contributed by atoms with Crippen molar-refractivity contribution in [3.05, 3.63) is 51.4 Å². The molecule has 0 aliphatic heterocycles. The van der Waals surface area contributed by atoms with Crippen molar-refractivity contribution >= 4 is 29.3 Å². The number of aryl methyl sites for hydroxylation is 1. The maximum absolute atomic E-state index is 12.1. The largest absolute Gasteiger partial charge is 0.465 e. The second-order valence-corrected chi connectivity index (χ2v) is 6.03. The van der Waals surface area contributed by atoms with E-state index in [-0.39, 0.29) is 22.4 Å². The van der Waals surface area contributed by atoms with Crippen molar-refractivity contribution in [3.8, 4) is 6.07 Å². The van der Waals surface area contributed by atoms with Crippen LogP contribution in [-0.4, -0.2) is 34.7 Å². The first kappa shape index (κ1) is 19.2.